The van der Waals surface area contributed by atoms with Gasteiger partial charge in [-0.1, -0.05) is 139 Å². The molecular weight excluding hydrogens is 689 g/mol. The number of rotatable bonds is 30. The van der Waals surface area contributed by atoms with Gasteiger partial charge < -0.3 is 20.4 Å². The second kappa shape index (κ2) is 31.3. The molecule has 6 heteroatoms. The quantitative estimate of drug-likeness (QED) is 0.0330. The number of carbonyl (C=O) groups is 2. The summed E-state index contributed by atoms with van der Waals surface area (Å²) < 4.78 is 0. The minimum atomic E-state index is -0.0231. The van der Waals surface area contributed by atoms with Gasteiger partial charge in [0.1, 0.15) is 0 Å². The second-order valence-corrected chi connectivity index (χ2v) is 17.5. The fourth-order valence-electron chi connectivity index (χ4n) is 8.02. The highest BCUT2D eigenvalue weighted by atomic mass is 16.2. The SMILES string of the molecule is CCCCCCCCC=CCCCCCCCCCC(=O)NCCCN1CCN(CCCNC(=O)C=C(C)C=CC=C(C)C=CC2=C(C)CCCC2(C)C)CC1. The van der Waals surface area contributed by atoms with Crippen LogP contribution in [0.3, 0.4) is 0 Å². The summed E-state index contributed by atoms with van der Waals surface area (Å²) in [6, 6.07) is 0. The number of nitrogens with one attached hydrogen (secondary N) is 2. The second-order valence-electron chi connectivity index (χ2n) is 17.5. The molecule has 2 aliphatic rings. The predicted molar refractivity (Wildman–Crippen MR) is 243 cm³/mol. The van der Waals surface area contributed by atoms with Gasteiger partial charge in [0.25, 0.3) is 0 Å². The molecular formula is C50H86N4O2. The van der Waals surface area contributed by atoms with Gasteiger partial charge in [0, 0.05) is 51.8 Å². The number of hydrogen-bond donors (Lipinski definition) is 2. The lowest BCUT2D eigenvalue weighted by Gasteiger charge is -2.34. The van der Waals surface area contributed by atoms with E-state index in [1.807, 2.05) is 19.1 Å². The molecule has 0 aromatic rings. The number of allylic oxidation sites excluding steroid dienone is 11. The zero-order valence-electron chi connectivity index (χ0n) is 37.3. The van der Waals surface area contributed by atoms with Crippen molar-refractivity contribution in [3.8, 4) is 0 Å². The highest BCUT2D eigenvalue weighted by Gasteiger charge is 2.26. The Balaban J connectivity index is 1.41. The van der Waals surface area contributed by atoms with Gasteiger partial charge >= 0.3 is 0 Å². The smallest absolute Gasteiger partial charge is 0.244 e. The summed E-state index contributed by atoms with van der Waals surface area (Å²) in [6.45, 7) is 21.2. The number of unbranched alkanes of at least 4 members (excludes halogenated alkanes) is 13. The molecule has 1 saturated heterocycles. The van der Waals surface area contributed by atoms with E-state index in [0.717, 1.165) is 70.6 Å². The van der Waals surface area contributed by atoms with Crippen LogP contribution in [0, 0.1) is 5.41 Å². The lowest BCUT2D eigenvalue weighted by atomic mass is 9.72. The van der Waals surface area contributed by atoms with E-state index in [1.165, 1.54) is 126 Å². The molecule has 2 N–H and O–H groups in total. The van der Waals surface area contributed by atoms with Crippen molar-refractivity contribution in [2.24, 2.45) is 5.41 Å². The van der Waals surface area contributed by atoms with Crippen LogP contribution in [-0.4, -0.2) is 74.0 Å². The molecule has 56 heavy (non-hydrogen) atoms. The van der Waals surface area contributed by atoms with Crippen LogP contribution in [0.1, 0.15) is 176 Å². The maximum Gasteiger partial charge on any atom is 0.244 e. The Hall–Kier alpha value is -2.70. The summed E-state index contributed by atoms with van der Waals surface area (Å²) >= 11 is 0. The zero-order valence-corrected chi connectivity index (χ0v) is 37.3. The molecule has 0 aromatic carbocycles. The largest absolute Gasteiger partial charge is 0.356 e. The molecule has 0 aromatic heterocycles. The van der Waals surface area contributed by atoms with E-state index in [4.69, 9.17) is 0 Å². The molecule has 1 aliphatic heterocycles. The fraction of sp³-hybridized carbons (Fsp3) is 0.720. The third-order valence-electron chi connectivity index (χ3n) is 11.7. The Kier molecular flexibility index (Phi) is 27.6. The summed E-state index contributed by atoms with van der Waals surface area (Å²) in [5, 5.41) is 6.20. The number of piperazine rings is 1. The highest BCUT2D eigenvalue weighted by molar-refractivity contribution is 5.88. The number of amides is 2. The Morgan fingerprint density at radius 1 is 0.696 bits per heavy atom. The van der Waals surface area contributed by atoms with Crippen LogP contribution in [0.2, 0.25) is 0 Å². The fourth-order valence-corrected chi connectivity index (χ4v) is 8.02. The van der Waals surface area contributed by atoms with Crippen molar-refractivity contribution in [3.63, 3.8) is 0 Å². The molecule has 318 valence electrons. The summed E-state index contributed by atoms with van der Waals surface area (Å²) in [5.41, 5.74) is 5.40. The molecule has 2 rings (SSSR count). The first kappa shape index (κ1) is 49.4. The van der Waals surface area contributed by atoms with E-state index >= 15 is 0 Å². The van der Waals surface area contributed by atoms with Gasteiger partial charge in [-0.3, -0.25) is 9.59 Å². The molecule has 6 nitrogen and oxygen atoms in total. The molecule has 1 fully saturated rings. The highest BCUT2D eigenvalue weighted by Crippen LogP contribution is 2.40. The molecule has 0 bridgehead atoms. The normalized spacial score (nSPS) is 17.5. The van der Waals surface area contributed by atoms with Crippen molar-refractivity contribution >= 4 is 11.8 Å². The van der Waals surface area contributed by atoms with Gasteiger partial charge in [0.05, 0.1) is 0 Å². The van der Waals surface area contributed by atoms with E-state index in [0.29, 0.717) is 13.0 Å². The monoisotopic (exact) mass is 775 g/mol. The molecule has 1 aliphatic carbocycles. The van der Waals surface area contributed by atoms with Crippen molar-refractivity contribution in [1.29, 1.82) is 0 Å². The topological polar surface area (TPSA) is 64.7 Å². The Morgan fingerprint density at radius 2 is 1.25 bits per heavy atom. The first-order chi connectivity index (χ1) is 27.1. The van der Waals surface area contributed by atoms with E-state index in [-0.39, 0.29) is 17.2 Å². The van der Waals surface area contributed by atoms with Crippen molar-refractivity contribution in [2.45, 2.75) is 176 Å². The van der Waals surface area contributed by atoms with E-state index in [2.05, 4.69) is 85.4 Å². The lowest BCUT2D eigenvalue weighted by molar-refractivity contribution is -0.121. The molecule has 1 heterocycles. The van der Waals surface area contributed by atoms with Crippen LogP contribution in [0.15, 0.2) is 70.9 Å². The van der Waals surface area contributed by atoms with Gasteiger partial charge in [0.2, 0.25) is 11.8 Å². The van der Waals surface area contributed by atoms with Crippen molar-refractivity contribution in [3.05, 3.63) is 70.9 Å². The van der Waals surface area contributed by atoms with Gasteiger partial charge in [-0.05, 0) is 115 Å². The Morgan fingerprint density at radius 3 is 1.84 bits per heavy atom. The van der Waals surface area contributed by atoms with Crippen LogP contribution in [-0.2, 0) is 9.59 Å². The van der Waals surface area contributed by atoms with Crippen LogP contribution in [0.5, 0.6) is 0 Å². The Labute approximate surface area is 345 Å². The molecule has 0 atom stereocenters. The predicted octanol–water partition coefficient (Wildman–Crippen LogP) is 12.0. The zero-order chi connectivity index (χ0) is 40.7. The first-order valence-corrected chi connectivity index (χ1v) is 23.2. The number of nitrogens with zero attached hydrogens (tertiary/aromatic N) is 2. The lowest BCUT2D eigenvalue weighted by Crippen LogP contribution is -2.47. The van der Waals surface area contributed by atoms with E-state index in [1.54, 1.807) is 6.08 Å². The standard InChI is InChI=1S/C50H86N4O2/c1-7-8-9-10-11-12-13-14-15-16-17-18-19-20-21-22-23-31-48(55)51-35-26-37-53-39-41-54(42-40-53)38-27-36-52-49(56)43-45(3)29-24-28-44(2)32-33-47-46(4)30-25-34-50(47,5)6/h14-15,24,28-29,32-33,43H,7-13,16-23,25-27,30-31,34-42H2,1-6H3,(H,51,55)(H,52,56). The summed E-state index contributed by atoms with van der Waals surface area (Å²) in [5.74, 6) is 0.194. The average molecular weight is 775 g/mol. The molecule has 2 amide bonds. The number of carbonyl (C=O) groups excluding carboxylic acids is 2. The maximum atomic E-state index is 12.5. The molecule has 0 radical (unpaired) electrons. The van der Waals surface area contributed by atoms with Crippen molar-refractivity contribution < 1.29 is 9.59 Å². The summed E-state index contributed by atoms with van der Waals surface area (Å²) in [7, 11) is 0. The van der Waals surface area contributed by atoms with Gasteiger partial charge in [-0.25, -0.2) is 0 Å². The molecule has 0 saturated carbocycles. The number of hydrogen-bond acceptors (Lipinski definition) is 4. The third kappa shape index (κ3) is 24.8. The molecule has 0 unspecified atom stereocenters. The minimum Gasteiger partial charge on any atom is -0.356 e. The first-order valence-electron chi connectivity index (χ1n) is 23.2. The van der Waals surface area contributed by atoms with Crippen LogP contribution in [0.4, 0.5) is 0 Å². The van der Waals surface area contributed by atoms with Crippen LogP contribution in [0.25, 0.3) is 0 Å². The van der Waals surface area contributed by atoms with Crippen LogP contribution < -0.4 is 10.6 Å². The van der Waals surface area contributed by atoms with Crippen molar-refractivity contribution in [1.82, 2.24) is 20.4 Å². The average Bonchev–Trinajstić information content (AvgIpc) is 3.16. The Bertz CT molecular complexity index is 1260. The van der Waals surface area contributed by atoms with Gasteiger partial charge in [-0.15, -0.1) is 0 Å². The van der Waals surface area contributed by atoms with Gasteiger partial charge in [-0.2, -0.15) is 0 Å². The third-order valence-corrected chi connectivity index (χ3v) is 11.7. The summed E-state index contributed by atoms with van der Waals surface area (Å²) in [4.78, 5) is 29.8. The summed E-state index contributed by atoms with van der Waals surface area (Å²) in [6.07, 6.45) is 43.0. The van der Waals surface area contributed by atoms with Crippen molar-refractivity contribution in [2.75, 3.05) is 52.4 Å². The van der Waals surface area contributed by atoms with Crippen LogP contribution >= 0.6 is 0 Å². The maximum absolute atomic E-state index is 12.5. The van der Waals surface area contributed by atoms with Gasteiger partial charge in [0.15, 0.2) is 0 Å². The molecule has 0 spiro atoms. The minimum absolute atomic E-state index is 0.0231. The van der Waals surface area contributed by atoms with E-state index < -0.39 is 0 Å². The van der Waals surface area contributed by atoms with E-state index in [9.17, 15) is 9.59 Å².